The number of piperidine rings is 1. The minimum Gasteiger partial charge on any atom is -0.352 e. The molecule has 134 valence electrons. The summed E-state index contributed by atoms with van der Waals surface area (Å²) in [5.74, 6) is -0.130. The number of nitrogens with one attached hydrogen (secondary N) is 3. The normalized spacial score (nSPS) is 18.2. The van der Waals surface area contributed by atoms with Crippen molar-refractivity contribution in [1.29, 1.82) is 0 Å². The Hall–Kier alpha value is -1.96. The fraction of sp³-hybridized carbons (Fsp3) is 0.389. The van der Waals surface area contributed by atoms with Crippen LogP contribution in [-0.2, 0) is 14.8 Å². The molecule has 6 nitrogen and oxygen atoms in total. The average molecular weight is 361 g/mol. The van der Waals surface area contributed by atoms with Crippen molar-refractivity contribution in [3.63, 3.8) is 0 Å². The highest BCUT2D eigenvalue weighted by atomic mass is 32.2. The summed E-state index contributed by atoms with van der Waals surface area (Å²) in [5, 5.41) is 8.02. The van der Waals surface area contributed by atoms with Crippen molar-refractivity contribution in [3.05, 3.63) is 42.5 Å². The van der Waals surface area contributed by atoms with Crippen molar-refractivity contribution in [2.75, 3.05) is 19.6 Å². The van der Waals surface area contributed by atoms with Crippen molar-refractivity contribution in [3.8, 4) is 0 Å². The fourth-order valence-corrected chi connectivity index (χ4v) is 4.06. The third kappa shape index (κ3) is 4.78. The smallest absolute Gasteiger partial charge is 0.240 e. The molecule has 3 N–H and O–H groups in total. The summed E-state index contributed by atoms with van der Waals surface area (Å²) in [6, 6.07) is 12.7. The highest BCUT2D eigenvalue weighted by Crippen LogP contribution is 2.18. The Kier molecular flexibility index (Phi) is 5.67. The predicted molar refractivity (Wildman–Crippen MR) is 97.8 cm³/mol. The van der Waals surface area contributed by atoms with E-state index in [4.69, 9.17) is 0 Å². The number of carbonyl (C=O) groups is 1. The van der Waals surface area contributed by atoms with Crippen LogP contribution in [0.2, 0.25) is 0 Å². The maximum atomic E-state index is 12.4. The molecule has 0 aliphatic carbocycles. The van der Waals surface area contributed by atoms with Gasteiger partial charge >= 0.3 is 0 Å². The molecule has 1 unspecified atom stereocenters. The Balaban J connectivity index is 1.54. The van der Waals surface area contributed by atoms with Gasteiger partial charge in [0, 0.05) is 25.6 Å². The van der Waals surface area contributed by atoms with Gasteiger partial charge in [0.05, 0.1) is 4.90 Å². The molecular weight excluding hydrogens is 338 g/mol. The zero-order valence-electron chi connectivity index (χ0n) is 14.0. The van der Waals surface area contributed by atoms with Crippen LogP contribution in [0.3, 0.4) is 0 Å². The molecule has 25 heavy (non-hydrogen) atoms. The number of hydrogen-bond acceptors (Lipinski definition) is 4. The van der Waals surface area contributed by atoms with Crippen LogP contribution < -0.4 is 15.4 Å². The first-order chi connectivity index (χ1) is 12.0. The lowest BCUT2D eigenvalue weighted by molar-refractivity contribution is -0.121. The molecule has 0 bridgehead atoms. The third-order valence-corrected chi connectivity index (χ3v) is 5.80. The molecule has 1 atom stereocenters. The zero-order chi connectivity index (χ0) is 17.7. The van der Waals surface area contributed by atoms with Crippen LogP contribution >= 0.6 is 0 Å². The van der Waals surface area contributed by atoms with Crippen LogP contribution in [0.1, 0.15) is 19.3 Å². The molecule has 2 aromatic rings. The molecule has 1 fully saturated rings. The summed E-state index contributed by atoms with van der Waals surface area (Å²) in [4.78, 5) is 12.1. The summed E-state index contributed by atoms with van der Waals surface area (Å²) in [7, 11) is -3.62. The summed E-state index contributed by atoms with van der Waals surface area (Å²) in [5.41, 5.74) is 0. The second kappa shape index (κ2) is 7.95. The van der Waals surface area contributed by atoms with Crippen LogP contribution in [0.5, 0.6) is 0 Å². The van der Waals surface area contributed by atoms with Gasteiger partial charge in [0.25, 0.3) is 0 Å². The molecule has 7 heteroatoms. The van der Waals surface area contributed by atoms with E-state index in [9.17, 15) is 13.2 Å². The lowest BCUT2D eigenvalue weighted by atomic mass is 10.1. The zero-order valence-corrected chi connectivity index (χ0v) is 14.8. The minimum atomic E-state index is -3.62. The number of fused-ring (bicyclic) bond motifs is 1. The first-order valence-corrected chi connectivity index (χ1v) is 10.0. The van der Waals surface area contributed by atoms with Gasteiger partial charge in [0.15, 0.2) is 0 Å². The number of amides is 1. The standard InChI is InChI=1S/C18H23N3O3S/c22-18(21-16-6-3-10-19-13-16)9-11-20-25(23,24)17-8-7-14-4-1-2-5-15(14)12-17/h1-2,4-5,7-8,12,16,19-20H,3,6,9-11,13H2,(H,21,22). The van der Waals surface area contributed by atoms with Crippen molar-refractivity contribution >= 4 is 26.7 Å². The van der Waals surface area contributed by atoms with Gasteiger partial charge < -0.3 is 10.6 Å². The van der Waals surface area contributed by atoms with E-state index >= 15 is 0 Å². The number of sulfonamides is 1. The molecule has 1 saturated heterocycles. The van der Waals surface area contributed by atoms with E-state index in [-0.39, 0.29) is 29.8 Å². The van der Waals surface area contributed by atoms with Gasteiger partial charge in [-0.2, -0.15) is 0 Å². The SMILES string of the molecule is O=C(CCNS(=O)(=O)c1ccc2ccccc2c1)NC1CCCNC1. The first kappa shape index (κ1) is 17.8. The van der Waals surface area contributed by atoms with Crippen molar-refractivity contribution in [1.82, 2.24) is 15.4 Å². The van der Waals surface area contributed by atoms with E-state index < -0.39 is 10.0 Å². The highest BCUT2D eigenvalue weighted by Gasteiger charge is 2.17. The van der Waals surface area contributed by atoms with Gasteiger partial charge in [0.2, 0.25) is 15.9 Å². The summed E-state index contributed by atoms with van der Waals surface area (Å²) in [6.07, 6.45) is 2.13. The summed E-state index contributed by atoms with van der Waals surface area (Å²) in [6.45, 7) is 1.84. The Morgan fingerprint density at radius 1 is 1.16 bits per heavy atom. The lowest BCUT2D eigenvalue weighted by Gasteiger charge is -2.23. The Bertz CT molecular complexity index is 846. The maximum absolute atomic E-state index is 12.4. The average Bonchev–Trinajstić information content (AvgIpc) is 2.62. The van der Waals surface area contributed by atoms with E-state index in [0.717, 1.165) is 36.7 Å². The van der Waals surface area contributed by atoms with Crippen molar-refractivity contribution in [2.45, 2.75) is 30.2 Å². The van der Waals surface area contributed by atoms with Gasteiger partial charge in [-0.3, -0.25) is 4.79 Å². The topological polar surface area (TPSA) is 87.3 Å². The highest BCUT2D eigenvalue weighted by molar-refractivity contribution is 7.89. The van der Waals surface area contributed by atoms with E-state index in [1.54, 1.807) is 18.2 Å². The monoisotopic (exact) mass is 361 g/mol. The molecule has 1 aliphatic rings. The summed E-state index contributed by atoms with van der Waals surface area (Å²) < 4.78 is 27.3. The van der Waals surface area contributed by atoms with Crippen LogP contribution in [0.25, 0.3) is 10.8 Å². The van der Waals surface area contributed by atoms with Crippen LogP contribution in [0.4, 0.5) is 0 Å². The van der Waals surface area contributed by atoms with E-state index in [2.05, 4.69) is 15.4 Å². The van der Waals surface area contributed by atoms with Crippen molar-refractivity contribution < 1.29 is 13.2 Å². The van der Waals surface area contributed by atoms with Gasteiger partial charge in [-0.1, -0.05) is 30.3 Å². The minimum absolute atomic E-state index is 0.0845. The third-order valence-electron chi connectivity index (χ3n) is 4.34. The van der Waals surface area contributed by atoms with Crippen LogP contribution in [0, 0.1) is 0 Å². The molecule has 1 heterocycles. The van der Waals surface area contributed by atoms with E-state index in [1.807, 2.05) is 24.3 Å². The molecule has 0 radical (unpaired) electrons. The van der Waals surface area contributed by atoms with Crippen molar-refractivity contribution in [2.24, 2.45) is 0 Å². The van der Waals surface area contributed by atoms with Gasteiger partial charge in [-0.25, -0.2) is 13.1 Å². The van der Waals surface area contributed by atoms with Crippen LogP contribution in [-0.4, -0.2) is 40.0 Å². The number of hydrogen-bond donors (Lipinski definition) is 3. The van der Waals surface area contributed by atoms with E-state index in [0.29, 0.717) is 0 Å². The van der Waals surface area contributed by atoms with E-state index in [1.165, 1.54) is 0 Å². The second-order valence-electron chi connectivity index (χ2n) is 6.27. The summed E-state index contributed by atoms with van der Waals surface area (Å²) >= 11 is 0. The fourth-order valence-electron chi connectivity index (χ4n) is 2.99. The largest absolute Gasteiger partial charge is 0.352 e. The molecule has 0 aromatic heterocycles. The molecule has 0 spiro atoms. The molecule has 1 aliphatic heterocycles. The maximum Gasteiger partial charge on any atom is 0.240 e. The molecule has 2 aromatic carbocycles. The quantitative estimate of drug-likeness (QED) is 0.725. The Labute approximate surface area is 148 Å². The van der Waals surface area contributed by atoms with Gasteiger partial charge in [-0.05, 0) is 42.3 Å². The number of benzene rings is 2. The molecular formula is C18H23N3O3S. The number of carbonyl (C=O) groups excluding carboxylic acids is 1. The van der Waals surface area contributed by atoms with Gasteiger partial charge in [-0.15, -0.1) is 0 Å². The number of rotatable bonds is 6. The lowest BCUT2D eigenvalue weighted by Crippen LogP contribution is -2.46. The molecule has 3 rings (SSSR count). The first-order valence-electron chi connectivity index (χ1n) is 8.53. The molecule has 0 saturated carbocycles. The Morgan fingerprint density at radius 2 is 1.96 bits per heavy atom. The predicted octanol–water partition coefficient (Wildman–Crippen LogP) is 1.38. The van der Waals surface area contributed by atoms with Gasteiger partial charge in [0.1, 0.15) is 0 Å². The van der Waals surface area contributed by atoms with Crippen LogP contribution in [0.15, 0.2) is 47.4 Å². The second-order valence-corrected chi connectivity index (χ2v) is 8.03. The molecule has 1 amide bonds. The Morgan fingerprint density at radius 3 is 2.72 bits per heavy atom.